The summed E-state index contributed by atoms with van der Waals surface area (Å²) < 4.78 is 11.1. The minimum absolute atomic E-state index is 0.216. The smallest absolute Gasteiger partial charge is 0.336 e. The molecule has 0 spiro atoms. The number of aliphatic hydroxyl groups excluding tert-OH is 1. The SMILES string of the molecule is CN(Cc1ccc(COc2ccc3c(CO)cc(=O)oc3c2)cc1)Cc1cccnc1. The standard InChI is InChI=1S/C25H24N2O4/c1-27(15-20-3-2-10-26-13-20)14-18-4-6-19(7-5-18)17-30-22-8-9-23-21(16-28)11-25(29)31-24(23)12-22/h2-13,28H,14-17H2,1H3. The van der Waals surface area contributed by atoms with Gasteiger partial charge in [0, 0.05) is 43.0 Å². The molecule has 4 rings (SSSR count). The fourth-order valence-corrected chi connectivity index (χ4v) is 3.51. The summed E-state index contributed by atoms with van der Waals surface area (Å²) in [5.41, 5.74) is 3.91. The first kappa shape index (κ1) is 20.8. The Labute approximate surface area is 180 Å². The molecule has 0 aliphatic carbocycles. The van der Waals surface area contributed by atoms with Crippen molar-refractivity contribution in [3.63, 3.8) is 0 Å². The highest BCUT2D eigenvalue weighted by Gasteiger charge is 2.07. The molecule has 0 amide bonds. The molecule has 6 heteroatoms. The van der Waals surface area contributed by atoms with Crippen molar-refractivity contribution in [2.45, 2.75) is 26.3 Å². The van der Waals surface area contributed by atoms with E-state index in [9.17, 15) is 9.90 Å². The second-order valence-electron chi connectivity index (χ2n) is 7.55. The fraction of sp³-hybridized carbons (Fsp3) is 0.200. The molecule has 1 N–H and O–H groups in total. The van der Waals surface area contributed by atoms with Crippen LogP contribution >= 0.6 is 0 Å². The van der Waals surface area contributed by atoms with Crippen LogP contribution in [0.1, 0.15) is 22.3 Å². The molecule has 2 aromatic carbocycles. The molecule has 0 unspecified atom stereocenters. The molecule has 0 fully saturated rings. The first-order valence-corrected chi connectivity index (χ1v) is 10.1. The summed E-state index contributed by atoms with van der Waals surface area (Å²) in [5, 5.41) is 10.1. The number of fused-ring (bicyclic) bond motifs is 1. The highest BCUT2D eigenvalue weighted by molar-refractivity contribution is 5.81. The number of rotatable bonds is 8. The number of benzene rings is 2. The third kappa shape index (κ3) is 5.36. The van der Waals surface area contributed by atoms with Gasteiger partial charge in [-0.15, -0.1) is 0 Å². The summed E-state index contributed by atoms with van der Waals surface area (Å²) in [6.07, 6.45) is 3.67. The Balaban J connectivity index is 1.36. The molecule has 4 aromatic rings. The van der Waals surface area contributed by atoms with E-state index < -0.39 is 5.63 Å². The third-order valence-corrected chi connectivity index (χ3v) is 5.03. The molecule has 0 aliphatic heterocycles. The maximum atomic E-state index is 11.6. The van der Waals surface area contributed by atoms with Crippen LogP contribution in [-0.4, -0.2) is 22.0 Å². The quantitative estimate of drug-likeness (QED) is 0.439. The van der Waals surface area contributed by atoms with Gasteiger partial charge in [0.25, 0.3) is 0 Å². The van der Waals surface area contributed by atoms with Crippen LogP contribution in [-0.2, 0) is 26.3 Å². The normalized spacial score (nSPS) is 11.2. The van der Waals surface area contributed by atoms with E-state index in [1.165, 1.54) is 17.2 Å². The Morgan fingerprint density at radius 3 is 2.52 bits per heavy atom. The maximum absolute atomic E-state index is 11.6. The van der Waals surface area contributed by atoms with Crippen molar-refractivity contribution in [3.8, 4) is 5.75 Å². The molecule has 0 radical (unpaired) electrons. The van der Waals surface area contributed by atoms with Gasteiger partial charge in [0.1, 0.15) is 17.9 Å². The van der Waals surface area contributed by atoms with Crippen LogP contribution in [0.2, 0.25) is 0 Å². The second-order valence-corrected chi connectivity index (χ2v) is 7.55. The van der Waals surface area contributed by atoms with Gasteiger partial charge in [-0.05, 0) is 47.5 Å². The van der Waals surface area contributed by atoms with Crippen molar-refractivity contribution in [2.75, 3.05) is 7.05 Å². The molecule has 0 saturated carbocycles. The topological polar surface area (TPSA) is 75.8 Å². The summed E-state index contributed by atoms with van der Waals surface area (Å²) >= 11 is 0. The maximum Gasteiger partial charge on any atom is 0.336 e. The molecule has 0 aliphatic rings. The lowest BCUT2D eigenvalue weighted by Gasteiger charge is -2.17. The number of aliphatic hydroxyl groups is 1. The average Bonchev–Trinajstić information content (AvgIpc) is 2.78. The van der Waals surface area contributed by atoms with Gasteiger partial charge < -0.3 is 14.3 Å². The van der Waals surface area contributed by atoms with Gasteiger partial charge >= 0.3 is 5.63 Å². The predicted molar refractivity (Wildman–Crippen MR) is 119 cm³/mol. The number of hydrogen-bond donors (Lipinski definition) is 1. The van der Waals surface area contributed by atoms with Gasteiger partial charge in [-0.1, -0.05) is 30.3 Å². The Hall–Kier alpha value is -3.48. The van der Waals surface area contributed by atoms with Crippen molar-refractivity contribution >= 4 is 11.0 Å². The zero-order chi connectivity index (χ0) is 21.6. The molecule has 6 nitrogen and oxygen atoms in total. The molecule has 0 bridgehead atoms. The zero-order valence-corrected chi connectivity index (χ0v) is 17.3. The lowest BCUT2D eigenvalue weighted by atomic mass is 10.1. The van der Waals surface area contributed by atoms with E-state index in [2.05, 4.69) is 47.3 Å². The summed E-state index contributed by atoms with van der Waals surface area (Å²) in [6.45, 7) is 1.87. The fourth-order valence-electron chi connectivity index (χ4n) is 3.51. The Morgan fingerprint density at radius 2 is 1.77 bits per heavy atom. The van der Waals surface area contributed by atoms with Crippen molar-refractivity contribution in [3.05, 3.63) is 106 Å². The van der Waals surface area contributed by atoms with E-state index in [4.69, 9.17) is 9.15 Å². The first-order chi connectivity index (χ1) is 15.1. The zero-order valence-electron chi connectivity index (χ0n) is 17.3. The van der Waals surface area contributed by atoms with Gasteiger partial charge in [-0.3, -0.25) is 9.88 Å². The molecule has 31 heavy (non-hydrogen) atoms. The van der Waals surface area contributed by atoms with Gasteiger partial charge in [0.05, 0.1) is 6.61 Å². The number of aromatic nitrogens is 1. The van der Waals surface area contributed by atoms with Crippen LogP contribution in [0, 0.1) is 0 Å². The largest absolute Gasteiger partial charge is 0.489 e. The Morgan fingerprint density at radius 1 is 1.00 bits per heavy atom. The Kier molecular flexibility index (Phi) is 6.40. The van der Waals surface area contributed by atoms with Crippen LogP contribution in [0.4, 0.5) is 0 Å². The predicted octanol–water partition coefficient (Wildman–Crippen LogP) is 3.89. The van der Waals surface area contributed by atoms with E-state index in [0.717, 1.165) is 18.7 Å². The minimum atomic E-state index is -0.488. The van der Waals surface area contributed by atoms with E-state index in [-0.39, 0.29) is 6.61 Å². The van der Waals surface area contributed by atoms with Gasteiger partial charge in [-0.2, -0.15) is 0 Å². The van der Waals surface area contributed by atoms with Crippen LogP contribution in [0.5, 0.6) is 5.75 Å². The summed E-state index contributed by atoms with van der Waals surface area (Å²) in [7, 11) is 2.09. The summed E-state index contributed by atoms with van der Waals surface area (Å²) in [6, 6.07) is 18.9. The molecule has 2 aromatic heterocycles. The van der Waals surface area contributed by atoms with Crippen molar-refractivity contribution in [1.82, 2.24) is 9.88 Å². The molecule has 0 saturated heterocycles. The summed E-state index contributed by atoms with van der Waals surface area (Å²) in [5.74, 6) is 0.603. The number of nitrogens with zero attached hydrogens (tertiary/aromatic N) is 2. The van der Waals surface area contributed by atoms with E-state index in [1.807, 2.05) is 18.3 Å². The molecular formula is C25H24N2O4. The number of hydrogen-bond acceptors (Lipinski definition) is 6. The van der Waals surface area contributed by atoms with Crippen LogP contribution < -0.4 is 10.4 Å². The van der Waals surface area contributed by atoms with Crippen molar-refractivity contribution in [2.24, 2.45) is 0 Å². The van der Waals surface area contributed by atoms with Gasteiger partial charge in [-0.25, -0.2) is 4.79 Å². The van der Waals surface area contributed by atoms with Gasteiger partial charge in [0.15, 0.2) is 0 Å². The lowest BCUT2D eigenvalue weighted by Crippen LogP contribution is -2.17. The average molecular weight is 416 g/mol. The van der Waals surface area contributed by atoms with E-state index >= 15 is 0 Å². The minimum Gasteiger partial charge on any atom is -0.489 e. The van der Waals surface area contributed by atoms with Crippen LogP contribution in [0.25, 0.3) is 11.0 Å². The monoisotopic (exact) mass is 416 g/mol. The van der Waals surface area contributed by atoms with E-state index in [0.29, 0.717) is 28.9 Å². The Bertz CT molecular complexity index is 1200. The van der Waals surface area contributed by atoms with Crippen molar-refractivity contribution in [1.29, 1.82) is 0 Å². The summed E-state index contributed by atoms with van der Waals surface area (Å²) in [4.78, 5) is 18.0. The van der Waals surface area contributed by atoms with Crippen molar-refractivity contribution < 1.29 is 14.3 Å². The molecule has 0 atom stereocenters. The van der Waals surface area contributed by atoms with Crippen LogP contribution in [0.3, 0.4) is 0 Å². The molecular weight excluding hydrogens is 392 g/mol. The first-order valence-electron chi connectivity index (χ1n) is 10.1. The highest BCUT2D eigenvalue weighted by atomic mass is 16.5. The van der Waals surface area contributed by atoms with E-state index in [1.54, 1.807) is 18.3 Å². The third-order valence-electron chi connectivity index (χ3n) is 5.03. The lowest BCUT2D eigenvalue weighted by molar-refractivity contribution is 0.282. The molecule has 2 heterocycles. The number of pyridine rings is 1. The number of ether oxygens (including phenoxy) is 1. The van der Waals surface area contributed by atoms with Crippen LogP contribution in [0.15, 0.2) is 82.3 Å². The molecule has 158 valence electrons. The van der Waals surface area contributed by atoms with Gasteiger partial charge in [0.2, 0.25) is 0 Å². The highest BCUT2D eigenvalue weighted by Crippen LogP contribution is 2.23. The second kappa shape index (κ2) is 9.55.